The zero-order chi connectivity index (χ0) is 10.0. The van der Waals surface area contributed by atoms with Gasteiger partial charge in [-0.2, -0.15) is 0 Å². The van der Waals surface area contributed by atoms with E-state index in [2.05, 4.69) is 5.32 Å². The second-order valence-corrected chi connectivity index (χ2v) is 3.77. The van der Waals surface area contributed by atoms with Crippen LogP contribution in [0.2, 0.25) is 0 Å². The summed E-state index contributed by atoms with van der Waals surface area (Å²) in [7, 11) is 1.68. The predicted octanol–water partition coefficient (Wildman–Crippen LogP) is 0.624. The van der Waals surface area contributed by atoms with E-state index in [-0.39, 0.29) is 0 Å². The first-order valence-electron chi connectivity index (χ1n) is 4.76. The molecule has 14 heavy (non-hydrogen) atoms. The Morgan fingerprint density at radius 3 is 2.43 bits per heavy atom. The van der Waals surface area contributed by atoms with Gasteiger partial charge in [-0.05, 0) is 11.1 Å². The number of ether oxygens (including phenoxy) is 1. The highest BCUT2D eigenvalue weighted by Gasteiger charge is 2.35. The van der Waals surface area contributed by atoms with Crippen LogP contribution < -0.4 is 5.32 Å². The molecule has 0 spiro atoms. The molecule has 0 unspecified atom stereocenters. The van der Waals surface area contributed by atoms with Gasteiger partial charge in [0.05, 0.1) is 6.61 Å². The van der Waals surface area contributed by atoms with Gasteiger partial charge in [0.25, 0.3) is 0 Å². The number of β-amino-alcohol motifs (C(OH)–C–C–N with tert-alkyl or cyclic N) is 1. The molecule has 1 fully saturated rings. The fraction of sp³-hybridized carbons (Fsp3) is 0.455. The Hall–Kier alpha value is -0.900. The van der Waals surface area contributed by atoms with E-state index in [0.717, 1.165) is 11.1 Å². The van der Waals surface area contributed by atoms with E-state index >= 15 is 0 Å². The first-order valence-corrected chi connectivity index (χ1v) is 4.76. The highest BCUT2D eigenvalue weighted by molar-refractivity contribution is 5.29. The largest absolute Gasteiger partial charge is 0.382 e. The number of nitrogens with one attached hydrogen (secondary N) is 1. The fourth-order valence-corrected chi connectivity index (χ4v) is 1.64. The molecule has 0 aromatic heterocycles. The zero-order valence-electron chi connectivity index (χ0n) is 8.29. The molecular weight excluding hydrogens is 178 g/mol. The molecule has 1 aliphatic heterocycles. The molecule has 1 aromatic rings. The lowest BCUT2D eigenvalue weighted by Gasteiger charge is -2.38. The van der Waals surface area contributed by atoms with Gasteiger partial charge in [-0.15, -0.1) is 0 Å². The van der Waals surface area contributed by atoms with Gasteiger partial charge in [0.15, 0.2) is 0 Å². The third-order valence-corrected chi connectivity index (χ3v) is 2.64. The first-order chi connectivity index (χ1) is 6.74. The molecule has 1 heterocycles. The normalized spacial score (nSPS) is 19.0. The molecule has 0 aliphatic carbocycles. The summed E-state index contributed by atoms with van der Waals surface area (Å²) in [4.78, 5) is 0. The number of hydrogen-bond acceptors (Lipinski definition) is 3. The van der Waals surface area contributed by atoms with E-state index < -0.39 is 5.60 Å². The third-order valence-electron chi connectivity index (χ3n) is 2.64. The predicted molar refractivity (Wildman–Crippen MR) is 53.9 cm³/mol. The number of hydrogen-bond donors (Lipinski definition) is 2. The highest BCUT2D eigenvalue weighted by Crippen LogP contribution is 2.25. The quantitative estimate of drug-likeness (QED) is 0.739. The summed E-state index contributed by atoms with van der Waals surface area (Å²) >= 11 is 0. The summed E-state index contributed by atoms with van der Waals surface area (Å²) in [5, 5.41) is 13.1. The molecule has 1 aliphatic rings. The number of rotatable bonds is 3. The van der Waals surface area contributed by atoms with Crippen LogP contribution in [0, 0.1) is 0 Å². The lowest BCUT2D eigenvalue weighted by molar-refractivity contribution is -0.0146. The Labute approximate surface area is 83.7 Å². The molecule has 0 radical (unpaired) electrons. The van der Waals surface area contributed by atoms with Crippen molar-refractivity contribution in [2.24, 2.45) is 0 Å². The Morgan fingerprint density at radius 2 is 2.00 bits per heavy atom. The molecule has 1 aromatic carbocycles. The molecule has 3 heteroatoms. The van der Waals surface area contributed by atoms with Gasteiger partial charge in [0, 0.05) is 20.2 Å². The van der Waals surface area contributed by atoms with Gasteiger partial charge in [0.1, 0.15) is 5.60 Å². The zero-order valence-corrected chi connectivity index (χ0v) is 8.29. The van der Waals surface area contributed by atoms with E-state index in [0.29, 0.717) is 19.7 Å². The third kappa shape index (κ3) is 1.66. The van der Waals surface area contributed by atoms with Crippen molar-refractivity contribution < 1.29 is 9.84 Å². The van der Waals surface area contributed by atoms with Crippen LogP contribution in [-0.4, -0.2) is 25.3 Å². The molecule has 2 N–H and O–H groups in total. The van der Waals surface area contributed by atoms with Crippen LogP contribution >= 0.6 is 0 Å². The Morgan fingerprint density at radius 1 is 1.36 bits per heavy atom. The van der Waals surface area contributed by atoms with E-state index in [4.69, 9.17) is 4.74 Å². The summed E-state index contributed by atoms with van der Waals surface area (Å²) in [5.41, 5.74) is 1.47. The highest BCUT2D eigenvalue weighted by atomic mass is 16.5. The molecule has 0 amide bonds. The summed E-state index contributed by atoms with van der Waals surface area (Å²) in [6.07, 6.45) is 0. The van der Waals surface area contributed by atoms with Gasteiger partial charge in [-0.3, -0.25) is 0 Å². The molecule has 0 atom stereocenters. The van der Waals surface area contributed by atoms with Crippen molar-refractivity contribution >= 4 is 0 Å². The summed E-state index contributed by atoms with van der Waals surface area (Å²) in [6, 6.07) is 7.93. The van der Waals surface area contributed by atoms with Gasteiger partial charge in [-0.25, -0.2) is 0 Å². The molecule has 3 nitrogen and oxygen atoms in total. The second kappa shape index (κ2) is 3.69. The maximum Gasteiger partial charge on any atom is 0.114 e. The van der Waals surface area contributed by atoms with E-state index in [1.54, 1.807) is 7.11 Å². The van der Waals surface area contributed by atoms with E-state index in [1.807, 2.05) is 24.3 Å². The Bertz CT molecular complexity index is 304. The maximum atomic E-state index is 10.0. The lowest BCUT2D eigenvalue weighted by atomic mass is 9.88. The first kappa shape index (κ1) is 9.65. The van der Waals surface area contributed by atoms with E-state index in [9.17, 15) is 5.11 Å². The van der Waals surface area contributed by atoms with Crippen molar-refractivity contribution in [1.82, 2.24) is 5.32 Å². The average molecular weight is 193 g/mol. The van der Waals surface area contributed by atoms with Crippen LogP contribution in [0.3, 0.4) is 0 Å². The van der Waals surface area contributed by atoms with Crippen molar-refractivity contribution in [1.29, 1.82) is 0 Å². The minimum absolute atomic E-state index is 0.622. The topological polar surface area (TPSA) is 41.5 Å². The molecule has 0 bridgehead atoms. The SMILES string of the molecule is COCc1ccc(C2(O)CNC2)cc1. The van der Waals surface area contributed by atoms with Gasteiger partial charge < -0.3 is 15.2 Å². The lowest BCUT2D eigenvalue weighted by Crippen LogP contribution is -2.56. The standard InChI is InChI=1S/C11H15NO2/c1-14-6-9-2-4-10(5-3-9)11(13)7-12-8-11/h2-5,12-13H,6-8H2,1H3. The number of aliphatic hydroxyl groups is 1. The van der Waals surface area contributed by atoms with Crippen molar-refractivity contribution in [2.75, 3.05) is 20.2 Å². The van der Waals surface area contributed by atoms with Crippen LogP contribution in [0.1, 0.15) is 11.1 Å². The molecule has 1 saturated heterocycles. The van der Waals surface area contributed by atoms with Gasteiger partial charge in [0.2, 0.25) is 0 Å². The van der Waals surface area contributed by atoms with Crippen LogP contribution in [0.15, 0.2) is 24.3 Å². The monoisotopic (exact) mass is 193 g/mol. The van der Waals surface area contributed by atoms with Crippen molar-refractivity contribution in [2.45, 2.75) is 12.2 Å². The molecule has 76 valence electrons. The second-order valence-electron chi connectivity index (χ2n) is 3.77. The van der Waals surface area contributed by atoms with Crippen molar-refractivity contribution in [3.8, 4) is 0 Å². The minimum Gasteiger partial charge on any atom is -0.382 e. The smallest absolute Gasteiger partial charge is 0.114 e. The minimum atomic E-state index is -0.647. The van der Waals surface area contributed by atoms with Crippen LogP contribution in [-0.2, 0) is 16.9 Å². The van der Waals surface area contributed by atoms with E-state index in [1.165, 1.54) is 0 Å². The van der Waals surface area contributed by atoms with Crippen LogP contribution in [0.5, 0.6) is 0 Å². The summed E-state index contributed by atoms with van der Waals surface area (Å²) in [5.74, 6) is 0. The molecule has 2 rings (SSSR count). The molecule has 0 saturated carbocycles. The maximum absolute atomic E-state index is 10.0. The number of benzene rings is 1. The Kier molecular flexibility index (Phi) is 2.54. The summed E-state index contributed by atoms with van der Waals surface area (Å²) in [6.45, 7) is 1.92. The van der Waals surface area contributed by atoms with Crippen LogP contribution in [0.4, 0.5) is 0 Å². The summed E-state index contributed by atoms with van der Waals surface area (Å²) < 4.78 is 5.02. The Balaban J connectivity index is 2.13. The number of methoxy groups -OCH3 is 1. The van der Waals surface area contributed by atoms with Gasteiger partial charge in [-0.1, -0.05) is 24.3 Å². The van der Waals surface area contributed by atoms with Crippen molar-refractivity contribution in [3.05, 3.63) is 35.4 Å². The van der Waals surface area contributed by atoms with Crippen LogP contribution in [0.25, 0.3) is 0 Å². The van der Waals surface area contributed by atoms with Gasteiger partial charge >= 0.3 is 0 Å². The average Bonchev–Trinajstić information content (AvgIpc) is 2.16. The molecular formula is C11H15NO2. The fourth-order valence-electron chi connectivity index (χ4n) is 1.64. The van der Waals surface area contributed by atoms with Crippen molar-refractivity contribution in [3.63, 3.8) is 0 Å².